The van der Waals surface area contributed by atoms with Crippen molar-refractivity contribution in [1.29, 1.82) is 0 Å². The maximum Gasteiger partial charge on any atom is 0.336 e. The Labute approximate surface area is 148 Å². The van der Waals surface area contributed by atoms with E-state index in [0.717, 1.165) is 10.9 Å². The molecular weight excluding hydrogens is 340 g/mol. The van der Waals surface area contributed by atoms with E-state index in [2.05, 4.69) is 10.6 Å². The summed E-state index contributed by atoms with van der Waals surface area (Å²) in [6.07, 6.45) is 0. The lowest BCUT2D eigenvalue weighted by Gasteiger charge is -2.11. The number of nitrogens with one attached hydrogen (secondary N) is 2. The number of carboxylic acid groups (broad SMARTS) is 1. The summed E-state index contributed by atoms with van der Waals surface area (Å²) >= 11 is 5.25. The summed E-state index contributed by atoms with van der Waals surface area (Å²) in [6, 6.07) is 13.0. The second-order valence-electron chi connectivity index (χ2n) is 5.42. The molecule has 0 spiro atoms. The van der Waals surface area contributed by atoms with Crippen LogP contribution in [0.25, 0.3) is 11.0 Å². The average Bonchev–Trinajstić information content (AvgIpc) is 2.54. The molecule has 7 heteroatoms. The summed E-state index contributed by atoms with van der Waals surface area (Å²) in [7, 11) is 0. The van der Waals surface area contributed by atoms with Gasteiger partial charge in [0.2, 0.25) is 0 Å². The molecule has 0 fully saturated rings. The molecule has 0 aliphatic carbocycles. The summed E-state index contributed by atoms with van der Waals surface area (Å²) in [5.74, 6) is -0.986. The largest absolute Gasteiger partial charge is 0.478 e. The number of fused-ring (bicyclic) bond motifs is 1. The van der Waals surface area contributed by atoms with E-state index in [1.165, 1.54) is 18.2 Å². The van der Waals surface area contributed by atoms with E-state index in [-0.39, 0.29) is 5.56 Å². The van der Waals surface area contributed by atoms with Crippen molar-refractivity contribution in [2.45, 2.75) is 6.92 Å². The molecule has 0 bridgehead atoms. The van der Waals surface area contributed by atoms with Gasteiger partial charge < -0.3 is 20.2 Å². The first-order chi connectivity index (χ1) is 11.9. The first-order valence-corrected chi connectivity index (χ1v) is 7.79. The highest BCUT2D eigenvalue weighted by Crippen LogP contribution is 2.21. The second-order valence-corrected chi connectivity index (χ2v) is 5.83. The van der Waals surface area contributed by atoms with Crippen LogP contribution in [0.5, 0.6) is 0 Å². The maximum atomic E-state index is 11.5. The molecule has 0 saturated carbocycles. The Morgan fingerprint density at radius 1 is 1.04 bits per heavy atom. The van der Waals surface area contributed by atoms with Gasteiger partial charge in [0.1, 0.15) is 5.58 Å². The monoisotopic (exact) mass is 354 g/mol. The van der Waals surface area contributed by atoms with Crippen LogP contribution < -0.4 is 16.3 Å². The van der Waals surface area contributed by atoms with Crippen molar-refractivity contribution in [1.82, 2.24) is 0 Å². The van der Waals surface area contributed by atoms with Crippen LogP contribution in [0.3, 0.4) is 0 Å². The Hall–Kier alpha value is -3.19. The quantitative estimate of drug-likeness (QED) is 0.489. The average molecular weight is 354 g/mol. The summed E-state index contributed by atoms with van der Waals surface area (Å²) in [6.45, 7) is 1.85. The minimum Gasteiger partial charge on any atom is -0.478 e. The molecule has 3 N–H and O–H groups in total. The molecule has 3 aromatic rings. The lowest BCUT2D eigenvalue weighted by atomic mass is 10.1. The van der Waals surface area contributed by atoms with Crippen LogP contribution in [0.2, 0.25) is 0 Å². The van der Waals surface area contributed by atoms with E-state index < -0.39 is 11.6 Å². The number of aromatic carboxylic acids is 1. The molecule has 2 aromatic carbocycles. The number of hydrogen-bond acceptors (Lipinski definition) is 4. The van der Waals surface area contributed by atoms with E-state index in [0.29, 0.717) is 22.1 Å². The Morgan fingerprint density at radius 2 is 1.68 bits per heavy atom. The minimum atomic E-state index is -0.986. The van der Waals surface area contributed by atoms with E-state index in [1.54, 1.807) is 18.2 Å². The lowest BCUT2D eigenvalue weighted by molar-refractivity contribution is 0.0697. The number of benzene rings is 2. The summed E-state index contributed by atoms with van der Waals surface area (Å²) in [4.78, 5) is 22.3. The Balaban J connectivity index is 1.75. The highest BCUT2D eigenvalue weighted by Gasteiger charge is 2.06. The number of thiocarbonyl (C=S) groups is 1. The third-order valence-corrected chi connectivity index (χ3v) is 3.80. The van der Waals surface area contributed by atoms with Crippen molar-refractivity contribution in [2.24, 2.45) is 0 Å². The second kappa shape index (κ2) is 6.74. The van der Waals surface area contributed by atoms with Gasteiger partial charge in [0.15, 0.2) is 5.11 Å². The zero-order valence-electron chi connectivity index (χ0n) is 13.2. The fourth-order valence-corrected chi connectivity index (χ4v) is 2.63. The van der Waals surface area contributed by atoms with Gasteiger partial charge in [-0.1, -0.05) is 0 Å². The van der Waals surface area contributed by atoms with Crippen LogP contribution in [-0.2, 0) is 0 Å². The molecule has 6 nitrogen and oxygen atoms in total. The smallest absolute Gasteiger partial charge is 0.336 e. The van der Waals surface area contributed by atoms with Crippen molar-refractivity contribution >= 4 is 45.6 Å². The molecule has 0 radical (unpaired) electrons. The minimum absolute atomic E-state index is 0.198. The Morgan fingerprint density at radius 3 is 2.36 bits per heavy atom. The first-order valence-electron chi connectivity index (χ1n) is 7.38. The van der Waals surface area contributed by atoms with Crippen LogP contribution in [0.1, 0.15) is 15.9 Å². The Bertz CT molecular complexity index is 1030. The fourth-order valence-electron chi connectivity index (χ4n) is 2.39. The van der Waals surface area contributed by atoms with E-state index in [4.69, 9.17) is 21.7 Å². The van der Waals surface area contributed by atoms with Crippen LogP contribution in [0.4, 0.5) is 11.4 Å². The highest BCUT2D eigenvalue weighted by atomic mass is 32.1. The van der Waals surface area contributed by atoms with Crippen molar-refractivity contribution in [3.05, 3.63) is 70.1 Å². The van der Waals surface area contributed by atoms with Crippen LogP contribution >= 0.6 is 12.2 Å². The standard InChI is InChI=1S/C18H14N2O4S/c1-10-8-16(21)24-15-9-13(6-7-14(10)15)20-18(25)19-12-4-2-11(3-5-12)17(22)23/h2-9H,1H3,(H,22,23)(H2,19,20,25). The van der Waals surface area contributed by atoms with E-state index in [1.807, 2.05) is 19.1 Å². The molecular formula is C18H14N2O4S. The van der Waals surface area contributed by atoms with Crippen LogP contribution in [-0.4, -0.2) is 16.2 Å². The third-order valence-electron chi connectivity index (χ3n) is 3.60. The molecule has 0 amide bonds. The molecule has 0 saturated heterocycles. The highest BCUT2D eigenvalue weighted by molar-refractivity contribution is 7.80. The lowest BCUT2D eigenvalue weighted by Crippen LogP contribution is -2.19. The number of aryl methyl sites for hydroxylation is 1. The van der Waals surface area contributed by atoms with Gasteiger partial charge in [-0.3, -0.25) is 0 Å². The number of rotatable bonds is 3. The summed E-state index contributed by atoms with van der Waals surface area (Å²) < 4.78 is 5.20. The van der Waals surface area contributed by atoms with Crippen LogP contribution in [0.15, 0.2) is 57.7 Å². The molecule has 1 heterocycles. The molecule has 126 valence electrons. The molecule has 1 aromatic heterocycles. The number of hydrogen-bond donors (Lipinski definition) is 3. The van der Waals surface area contributed by atoms with Crippen molar-refractivity contribution in [3.63, 3.8) is 0 Å². The van der Waals surface area contributed by atoms with Gasteiger partial charge in [0, 0.05) is 28.9 Å². The SMILES string of the molecule is Cc1cc(=O)oc2cc(NC(=S)Nc3ccc(C(=O)O)cc3)ccc12. The van der Waals surface area contributed by atoms with Gasteiger partial charge in [-0.2, -0.15) is 0 Å². The molecule has 25 heavy (non-hydrogen) atoms. The fraction of sp³-hybridized carbons (Fsp3) is 0.0556. The topological polar surface area (TPSA) is 91.6 Å². The summed E-state index contributed by atoms with van der Waals surface area (Å²) in [5.41, 5.74) is 2.44. The first kappa shape index (κ1) is 16.7. The molecule has 0 unspecified atom stereocenters. The van der Waals surface area contributed by atoms with E-state index in [9.17, 15) is 9.59 Å². The molecule has 0 aliphatic heterocycles. The number of carbonyl (C=O) groups is 1. The number of anilines is 2. The van der Waals surface area contributed by atoms with Crippen molar-refractivity contribution in [2.75, 3.05) is 10.6 Å². The number of carboxylic acids is 1. The predicted octanol–water partition coefficient (Wildman–Crippen LogP) is 3.61. The van der Waals surface area contributed by atoms with Gasteiger partial charge in [-0.15, -0.1) is 0 Å². The third kappa shape index (κ3) is 3.84. The van der Waals surface area contributed by atoms with Gasteiger partial charge in [-0.25, -0.2) is 9.59 Å². The predicted molar refractivity (Wildman–Crippen MR) is 100 cm³/mol. The van der Waals surface area contributed by atoms with E-state index >= 15 is 0 Å². The molecule has 0 atom stereocenters. The van der Waals surface area contributed by atoms with Gasteiger partial charge >= 0.3 is 11.6 Å². The van der Waals surface area contributed by atoms with Gasteiger partial charge in [0.25, 0.3) is 0 Å². The molecule has 0 aliphatic rings. The normalized spacial score (nSPS) is 10.4. The van der Waals surface area contributed by atoms with Crippen molar-refractivity contribution in [3.8, 4) is 0 Å². The van der Waals surface area contributed by atoms with Crippen molar-refractivity contribution < 1.29 is 14.3 Å². The van der Waals surface area contributed by atoms with Gasteiger partial charge in [-0.05, 0) is 61.1 Å². The zero-order valence-corrected chi connectivity index (χ0v) is 14.0. The van der Waals surface area contributed by atoms with Gasteiger partial charge in [0.05, 0.1) is 5.56 Å². The Kier molecular flexibility index (Phi) is 4.49. The molecule has 3 rings (SSSR count). The summed E-state index contributed by atoms with van der Waals surface area (Å²) in [5, 5.41) is 16.0. The van der Waals surface area contributed by atoms with Crippen LogP contribution in [0, 0.1) is 6.92 Å². The zero-order chi connectivity index (χ0) is 18.0. The maximum absolute atomic E-state index is 11.5.